The van der Waals surface area contributed by atoms with Crippen LogP contribution in [-0.2, 0) is 16.0 Å². The normalized spacial score (nSPS) is 12.1. The zero-order valence-electron chi connectivity index (χ0n) is 10.9. The van der Waals surface area contributed by atoms with Crippen molar-refractivity contribution in [2.24, 2.45) is 0 Å². The number of ether oxygens (including phenoxy) is 1. The van der Waals surface area contributed by atoms with Crippen LogP contribution in [0.15, 0.2) is 34.6 Å². The fourth-order valence-electron chi connectivity index (χ4n) is 1.83. The van der Waals surface area contributed by atoms with Crippen LogP contribution in [0.3, 0.4) is 0 Å². The zero-order valence-corrected chi connectivity index (χ0v) is 11.7. The fourth-order valence-corrected chi connectivity index (χ4v) is 2.49. The predicted octanol–water partition coefficient (Wildman–Crippen LogP) is 1.36. The molecule has 0 saturated carbocycles. The Kier molecular flexibility index (Phi) is 4.52. The van der Waals surface area contributed by atoms with Crippen LogP contribution in [0.4, 0.5) is 0 Å². The van der Waals surface area contributed by atoms with Gasteiger partial charge < -0.3 is 9.84 Å². The molecule has 1 N–H and O–H groups in total. The number of hydrogen-bond acceptors (Lipinski definition) is 6. The lowest BCUT2D eigenvalue weighted by Crippen LogP contribution is -2.29. The molecule has 0 saturated heterocycles. The maximum absolute atomic E-state index is 12.0. The second kappa shape index (κ2) is 6.33. The van der Waals surface area contributed by atoms with Crippen LogP contribution < -0.4 is 4.87 Å². The first-order valence-corrected chi connectivity index (χ1v) is 6.97. The maximum Gasteiger partial charge on any atom is 0.329 e. The minimum atomic E-state index is -0.913. The number of esters is 1. The van der Waals surface area contributed by atoms with Gasteiger partial charge in [0.05, 0.1) is 12.0 Å². The van der Waals surface area contributed by atoms with Crippen molar-refractivity contribution in [1.29, 1.82) is 0 Å². The Morgan fingerprint density at radius 3 is 2.90 bits per heavy atom. The smallest absolute Gasteiger partial charge is 0.329 e. The highest BCUT2D eigenvalue weighted by Crippen LogP contribution is 2.21. The average Bonchev–Trinajstić information content (AvgIpc) is 2.77. The van der Waals surface area contributed by atoms with Crippen molar-refractivity contribution < 1.29 is 14.6 Å². The van der Waals surface area contributed by atoms with Crippen LogP contribution in [0.1, 0.15) is 18.7 Å². The molecule has 1 unspecified atom stereocenters. The van der Waals surface area contributed by atoms with Gasteiger partial charge in [-0.3, -0.25) is 14.3 Å². The summed E-state index contributed by atoms with van der Waals surface area (Å²) in [5.74, 6) is -0.803. The van der Waals surface area contributed by atoms with E-state index >= 15 is 0 Å². The summed E-state index contributed by atoms with van der Waals surface area (Å²) < 4.78 is 6.02. The van der Waals surface area contributed by atoms with E-state index in [1.54, 1.807) is 31.3 Å². The molecule has 0 spiro atoms. The van der Waals surface area contributed by atoms with Gasteiger partial charge >= 0.3 is 10.8 Å². The highest BCUT2D eigenvalue weighted by Gasteiger charge is 2.27. The van der Waals surface area contributed by atoms with E-state index in [9.17, 15) is 14.7 Å². The Morgan fingerprint density at radius 1 is 1.55 bits per heavy atom. The number of aromatic hydroxyl groups is 1. The van der Waals surface area contributed by atoms with Gasteiger partial charge in [-0.15, -0.1) is 0 Å². The van der Waals surface area contributed by atoms with Crippen LogP contribution in [-0.4, -0.2) is 27.2 Å². The van der Waals surface area contributed by atoms with E-state index in [1.807, 2.05) is 0 Å². The second-order valence-electron chi connectivity index (χ2n) is 4.02. The Labute approximate surface area is 119 Å². The van der Waals surface area contributed by atoms with Gasteiger partial charge in [0.15, 0.2) is 0 Å². The molecule has 2 aromatic heterocycles. The Balaban J connectivity index is 2.35. The number of nitrogens with zero attached hydrogens (tertiary/aromatic N) is 2. The van der Waals surface area contributed by atoms with Crippen molar-refractivity contribution in [3.63, 3.8) is 0 Å². The minimum Gasteiger partial charge on any atom is -0.494 e. The summed E-state index contributed by atoms with van der Waals surface area (Å²) in [6.45, 7) is 1.89. The monoisotopic (exact) mass is 294 g/mol. The molecule has 0 bridgehead atoms. The first-order valence-electron chi connectivity index (χ1n) is 6.09. The van der Waals surface area contributed by atoms with Gasteiger partial charge in [0.25, 0.3) is 0 Å². The Hall–Kier alpha value is -2.15. The summed E-state index contributed by atoms with van der Waals surface area (Å²) in [5.41, 5.74) is 0.642. The van der Waals surface area contributed by atoms with Crippen LogP contribution in [0.5, 0.6) is 5.88 Å². The van der Waals surface area contributed by atoms with Gasteiger partial charge in [-0.25, -0.2) is 4.79 Å². The molecule has 0 aliphatic rings. The SMILES string of the molecule is CCOC(=O)C(Cc1ccccn1)n1c(O)csc1=O. The van der Waals surface area contributed by atoms with E-state index < -0.39 is 16.9 Å². The third-order valence-electron chi connectivity index (χ3n) is 2.71. The molecule has 2 heterocycles. The molecule has 0 amide bonds. The van der Waals surface area contributed by atoms with Crippen molar-refractivity contribution in [2.75, 3.05) is 6.61 Å². The zero-order chi connectivity index (χ0) is 14.5. The largest absolute Gasteiger partial charge is 0.494 e. The van der Waals surface area contributed by atoms with Gasteiger partial charge in [-0.2, -0.15) is 0 Å². The molecule has 7 heteroatoms. The molecule has 0 radical (unpaired) electrons. The summed E-state index contributed by atoms with van der Waals surface area (Å²) >= 11 is 0.835. The van der Waals surface area contributed by atoms with Crippen molar-refractivity contribution >= 4 is 17.3 Å². The van der Waals surface area contributed by atoms with Gasteiger partial charge in [-0.1, -0.05) is 17.4 Å². The Bertz CT molecular complexity index is 635. The first-order chi connectivity index (χ1) is 9.63. The van der Waals surface area contributed by atoms with Crippen LogP contribution in [0.2, 0.25) is 0 Å². The van der Waals surface area contributed by atoms with Crippen molar-refractivity contribution in [3.05, 3.63) is 45.1 Å². The number of aromatic nitrogens is 2. The molecule has 0 fully saturated rings. The molecule has 106 valence electrons. The lowest BCUT2D eigenvalue weighted by Gasteiger charge is -2.16. The summed E-state index contributed by atoms with van der Waals surface area (Å²) in [5, 5.41) is 11.0. The van der Waals surface area contributed by atoms with Crippen molar-refractivity contribution in [1.82, 2.24) is 9.55 Å². The van der Waals surface area contributed by atoms with E-state index in [-0.39, 0.29) is 18.9 Å². The third kappa shape index (κ3) is 3.05. The van der Waals surface area contributed by atoms with Gasteiger partial charge in [0, 0.05) is 18.3 Å². The molecular weight excluding hydrogens is 280 g/mol. The standard InChI is InChI=1S/C13H14N2O4S/c1-2-19-12(17)10(7-9-5-3-4-6-14-9)15-11(16)8-20-13(15)18/h3-6,8,10,16H,2,7H2,1H3. The number of hydrogen-bond donors (Lipinski definition) is 1. The van der Waals surface area contributed by atoms with E-state index in [4.69, 9.17) is 4.74 Å². The highest BCUT2D eigenvalue weighted by atomic mass is 32.1. The lowest BCUT2D eigenvalue weighted by atomic mass is 10.1. The predicted molar refractivity (Wildman–Crippen MR) is 73.9 cm³/mol. The summed E-state index contributed by atoms with van der Waals surface area (Å²) in [4.78, 5) is 27.5. The van der Waals surface area contributed by atoms with Gasteiger partial charge in [0.2, 0.25) is 5.88 Å². The molecular formula is C13H14N2O4S. The van der Waals surface area contributed by atoms with Crippen LogP contribution >= 0.6 is 11.3 Å². The lowest BCUT2D eigenvalue weighted by molar-refractivity contribution is -0.147. The summed E-state index contributed by atoms with van der Waals surface area (Å²) in [6.07, 6.45) is 1.79. The van der Waals surface area contributed by atoms with Gasteiger partial charge in [0.1, 0.15) is 6.04 Å². The number of pyridine rings is 1. The summed E-state index contributed by atoms with van der Waals surface area (Å²) in [6, 6.07) is 4.39. The van der Waals surface area contributed by atoms with Crippen LogP contribution in [0.25, 0.3) is 0 Å². The molecule has 1 atom stereocenters. The van der Waals surface area contributed by atoms with E-state index in [0.29, 0.717) is 5.69 Å². The number of rotatable bonds is 5. The van der Waals surface area contributed by atoms with E-state index in [0.717, 1.165) is 15.9 Å². The molecule has 6 nitrogen and oxygen atoms in total. The highest BCUT2D eigenvalue weighted by molar-refractivity contribution is 7.07. The minimum absolute atomic E-state index is 0.184. The van der Waals surface area contributed by atoms with E-state index in [1.165, 1.54) is 5.38 Å². The molecule has 0 aromatic carbocycles. The number of thiazole rings is 1. The fraction of sp³-hybridized carbons (Fsp3) is 0.308. The quantitative estimate of drug-likeness (QED) is 0.842. The van der Waals surface area contributed by atoms with E-state index in [2.05, 4.69) is 4.98 Å². The molecule has 2 rings (SSSR count). The Morgan fingerprint density at radius 2 is 2.35 bits per heavy atom. The van der Waals surface area contributed by atoms with Gasteiger partial charge in [-0.05, 0) is 19.1 Å². The second-order valence-corrected chi connectivity index (χ2v) is 4.84. The number of carbonyl (C=O) groups excluding carboxylic acids is 1. The van der Waals surface area contributed by atoms with Crippen LogP contribution in [0, 0.1) is 0 Å². The first kappa shape index (κ1) is 14.3. The maximum atomic E-state index is 12.0. The molecule has 2 aromatic rings. The molecule has 20 heavy (non-hydrogen) atoms. The molecule has 0 aliphatic heterocycles. The molecule has 0 aliphatic carbocycles. The van der Waals surface area contributed by atoms with Crippen molar-refractivity contribution in [3.8, 4) is 5.88 Å². The topological polar surface area (TPSA) is 81.4 Å². The third-order valence-corrected chi connectivity index (χ3v) is 3.43. The number of carbonyl (C=O) groups is 1. The average molecular weight is 294 g/mol. The van der Waals surface area contributed by atoms with Crippen molar-refractivity contribution in [2.45, 2.75) is 19.4 Å². The summed E-state index contributed by atoms with van der Waals surface area (Å²) in [7, 11) is 0.